The van der Waals surface area contributed by atoms with Gasteiger partial charge in [0.1, 0.15) is 0 Å². The van der Waals surface area contributed by atoms with E-state index in [2.05, 4.69) is 77.1 Å². The van der Waals surface area contributed by atoms with E-state index in [1.165, 1.54) is 106 Å². The zero-order valence-electron chi connectivity index (χ0n) is 23.4. The maximum absolute atomic E-state index is 13.5. The number of hydrogen-bond donors (Lipinski definition) is 0. The highest BCUT2D eigenvalue weighted by Gasteiger charge is 2.14. The molecule has 0 N–H and O–H groups in total. The Morgan fingerprint density at radius 2 is 1.19 bits per heavy atom. The molecule has 0 bridgehead atoms. The number of carbonyl (C=O) groups is 1. The molecule has 3 heteroatoms. The molecule has 3 aromatic rings. The lowest BCUT2D eigenvalue weighted by molar-refractivity contribution is 0.0927. The average Bonchev–Trinajstić information content (AvgIpc) is 2.91. The van der Waals surface area contributed by atoms with E-state index in [0.717, 1.165) is 28.5 Å². The molecule has 0 unspecified atom stereocenters. The van der Waals surface area contributed by atoms with Crippen LogP contribution in [-0.4, -0.2) is 30.3 Å². The van der Waals surface area contributed by atoms with Gasteiger partial charge in [0.05, 0.1) is 6.54 Å². The van der Waals surface area contributed by atoms with Crippen LogP contribution in [0.5, 0.6) is 0 Å². The number of rotatable bonds is 19. The molecule has 0 fully saturated rings. The van der Waals surface area contributed by atoms with Crippen molar-refractivity contribution in [3.8, 4) is 0 Å². The molecule has 0 saturated carbocycles. The number of benzene rings is 3. The number of nitrogens with zero attached hydrogens (tertiary/aromatic N) is 1. The van der Waals surface area contributed by atoms with Gasteiger partial charge >= 0.3 is 0 Å². The second kappa shape index (κ2) is 17.0. The first-order valence-electron chi connectivity index (χ1n) is 15.0. The fourth-order valence-corrected chi connectivity index (χ4v) is 5.97. The molecule has 0 spiro atoms. The van der Waals surface area contributed by atoms with Crippen LogP contribution >= 0.6 is 15.9 Å². The summed E-state index contributed by atoms with van der Waals surface area (Å²) in [6.45, 7) is 7.16. The summed E-state index contributed by atoms with van der Waals surface area (Å²) in [7, 11) is 0. The minimum Gasteiger partial charge on any atom is -0.296 e. The van der Waals surface area contributed by atoms with Crippen LogP contribution in [0.25, 0.3) is 21.5 Å². The largest absolute Gasteiger partial charge is 0.296 e. The van der Waals surface area contributed by atoms with E-state index in [0.29, 0.717) is 6.54 Å². The predicted molar refractivity (Wildman–Crippen MR) is 166 cm³/mol. The Bertz CT molecular complexity index is 1070. The quantitative estimate of drug-likeness (QED) is 0.0817. The van der Waals surface area contributed by atoms with Gasteiger partial charge < -0.3 is 0 Å². The second-order valence-electron chi connectivity index (χ2n) is 10.8. The fourth-order valence-electron chi connectivity index (χ4n) is 5.38. The zero-order valence-corrected chi connectivity index (χ0v) is 25.0. The summed E-state index contributed by atoms with van der Waals surface area (Å²) < 4.78 is 1.10. The van der Waals surface area contributed by atoms with Crippen LogP contribution in [0.15, 0.2) is 53.0 Å². The van der Waals surface area contributed by atoms with Gasteiger partial charge in [0.15, 0.2) is 5.78 Å². The maximum Gasteiger partial charge on any atom is 0.176 e. The molecule has 0 aliphatic heterocycles. The fraction of sp³-hybridized carbons (Fsp3) is 0.559. The molecule has 0 atom stereocenters. The Morgan fingerprint density at radius 1 is 0.649 bits per heavy atom. The standard InChI is InChI=1S/C34H48BrNO/c1-3-5-7-9-11-13-17-23-36(24-18-14-12-10-8-6-4-2)27-34(37)29-22-21-28-26-33(35)31-20-16-15-19-30(31)32(28)25-29/h15-16,19-22,25-26H,3-14,17-18,23-24,27H2,1-2H3. The van der Waals surface area contributed by atoms with E-state index in [1.807, 2.05) is 6.07 Å². The van der Waals surface area contributed by atoms with Gasteiger partial charge in [-0.2, -0.15) is 0 Å². The molecule has 0 aliphatic carbocycles. The van der Waals surface area contributed by atoms with Gasteiger partial charge in [0, 0.05) is 10.0 Å². The van der Waals surface area contributed by atoms with Crippen LogP contribution in [0.1, 0.15) is 114 Å². The Kier molecular flexibility index (Phi) is 13.7. The molecule has 0 heterocycles. The Hall–Kier alpha value is -1.71. The summed E-state index contributed by atoms with van der Waals surface area (Å²) in [5.41, 5.74) is 0.837. The number of carbonyl (C=O) groups excluding carboxylic acids is 1. The number of hydrogen-bond acceptors (Lipinski definition) is 2. The van der Waals surface area contributed by atoms with Crippen LogP contribution in [0.3, 0.4) is 0 Å². The van der Waals surface area contributed by atoms with Crippen molar-refractivity contribution in [2.24, 2.45) is 0 Å². The Morgan fingerprint density at radius 3 is 1.78 bits per heavy atom. The highest BCUT2D eigenvalue weighted by atomic mass is 79.9. The Balaban J connectivity index is 1.61. The minimum absolute atomic E-state index is 0.250. The summed E-state index contributed by atoms with van der Waals surface area (Å²) in [6.07, 6.45) is 18.4. The molecule has 0 radical (unpaired) electrons. The van der Waals surface area contributed by atoms with E-state index in [4.69, 9.17) is 0 Å². The van der Waals surface area contributed by atoms with Crippen molar-refractivity contribution in [1.82, 2.24) is 4.90 Å². The van der Waals surface area contributed by atoms with Crippen molar-refractivity contribution >= 4 is 43.3 Å². The van der Waals surface area contributed by atoms with E-state index >= 15 is 0 Å². The van der Waals surface area contributed by atoms with Crippen LogP contribution in [0.2, 0.25) is 0 Å². The molecule has 0 amide bonds. The van der Waals surface area contributed by atoms with Gasteiger partial charge in [-0.1, -0.05) is 143 Å². The highest BCUT2D eigenvalue weighted by Crippen LogP contribution is 2.32. The van der Waals surface area contributed by atoms with Gasteiger partial charge in [-0.25, -0.2) is 0 Å². The number of ketones is 1. The van der Waals surface area contributed by atoms with Crippen molar-refractivity contribution in [1.29, 1.82) is 0 Å². The van der Waals surface area contributed by atoms with Crippen molar-refractivity contribution in [3.63, 3.8) is 0 Å². The summed E-state index contributed by atoms with van der Waals surface area (Å²) in [6, 6.07) is 16.9. The van der Waals surface area contributed by atoms with Gasteiger partial charge in [0.2, 0.25) is 0 Å². The number of Topliss-reactive ketones (excluding diaryl/α,β-unsaturated/α-hetero) is 1. The molecule has 0 aromatic heterocycles. The molecule has 3 rings (SSSR count). The molecule has 0 aliphatic rings. The topological polar surface area (TPSA) is 20.3 Å². The molecular weight excluding hydrogens is 518 g/mol. The smallest absolute Gasteiger partial charge is 0.176 e. The molecule has 37 heavy (non-hydrogen) atoms. The highest BCUT2D eigenvalue weighted by molar-refractivity contribution is 9.10. The lowest BCUT2D eigenvalue weighted by Gasteiger charge is -2.22. The van der Waals surface area contributed by atoms with Crippen LogP contribution in [-0.2, 0) is 0 Å². The lowest BCUT2D eigenvalue weighted by atomic mass is 9.98. The first-order chi connectivity index (χ1) is 18.1. The van der Waals surface area contributed by atoms with E-state index in [-0.39, 0.29) is 5.78 Å². The van der Waals surface area contributed by atoms with Crippen molar-refractivity contribution < 1.29 is 4.79 Å². The average molecular weight is 567 g/mol. The van der Waals surface area contributed by atoms with Crippen LogP contribution in [0, 0.1) is 0 Å². The van der Waals surface area contributed by atoms with Gasteiger partial charge in [-0.3, -0.25) is 9.69 Å². The second-order valence-corrected chi connectivity index (χ2v) is 11.6. The number of fused-ring (bicyclic) bond motifs is 3. The molecule has 2 nitrogen and oxygen atoms in total. The monoisotopic (exact) mass is 565 g/mol. The summed E-state index contributed by atoms with van der Waals surface area (Å²) in [4.78, 5) is 15.9. The third-order valence-electron chi connectivity index (χ3n) is 7.66. The van der Waals surface area contributed by atoms with E-state index in [1.54, 1.807) is 0 Å². The summed E-state index contributed by atoms with van der Waals surface area (Å²) in [5, 5.41) is 4.73. The molecule has 202 valence electrons. The van der Waals surface area contributed by atoms with Crippen molar-refractivity contribution in [2.75, 3.05) is 19.6 Å². The minimum atomic E-state index is 0.250. The lowest BCUT2D eigenvalue weighted by Crippen LogP contribution is -2.32. The molecule has 0 saturated heterocycles. The number of unbranched alkanes of at least 4 members (excludes halogenated alkanes) is 12. The van der Waals surface area contributed by atoms with Crippen LogP contribution in [0.4, 0.5) is 0 Å². The normalized spacial score (nSPS) is 11.7. The van der Waals surface area contributed by atoms with Crippen LogP contribution < -0.4 is 0 Å². The summed E-state index contributed by atoms with van der Waals surface area (Å²) >= 11 is 3.72. The first-order valence-corrected chi connectivity index (χ1v) is 15.8. The SMILES string of the molecule is CCCCCCCCCN(CCCCCCCCC)CC(=O)c1ccc2cc(Br)c3ccccc3c2c1. The van der Waals surface area contributed by atoms with Gasteiger partial charge in [-0.05, 0) is 59.6 Å². The van der Waals surface area contributed by atoms with Crippen molar-refractivity contribution in [2.45, 2.75) is 104 Å². The molecular formula is C34H48BrNO. The van der Waals surface area contributed by atoms with E-state index in [9.17, 15) is 4.79 Å². The third-order valence-corrected chi connectivity index (χ3v) is 8.31. The Labute approximate surface area is 234 Å². The molecule has 3 aromatic carbocycles. The summed E-state index contributed by atoms with van der Waals surface area (Å²) in [5.74, 6) is 0.250. The predicted octanol–water partition coefficient (Wildman–Crippen LogP) is 10.7. The van der Waals surface area contributed by atoms with Crippen molar-refractivity contribution in [3.05, 3.63) is 58.6 Å². The third kappa shape index (κ3) is 9.84. The van der Waals surface area contributed by atoms with Gasteiger partial charge in [0.25, 0.3) is 0 Å². The van der Waals surface area contributed by atoms with Gasteiger partial charge in [-0.15, -0.1) is 0 Å². The maximum atomic E-state index is 13.5. The zero-order chi connectivity index (χ0) is 26.3. The first kappa shape index (κ1) is 29.8. The van der Waals surface area contributed by atoms with E-state index < -0.39 is 0 Å². The number of halogens is 1.